The van der Waals surface area contributed by atoms with E-state index < -0.39 is 45.7 Å². The van der Waals surface area contributed by atoms with Gasteiger partial charge in [-0.2, -0.15) is 4.31 Å². The molecule has 0 radical (unpaired) electrons. The van der Waals surface area contributed by atoms with Gasteiger partial charge in [-0.05, 0) is 56.4 Å². The molecule has 1 aromatic carbocycles. The fourth-order valence-corrected chi connectivity index (χ4v) is 7.37. The van der Waals surface area contributed by atoms with Crippen molar-refractivity contribution in [3.05, 3.63) is 60.5 Å². The van der Waals surface area contributed by atoms with Crippen molar-refractivity contribution in [3.63, 3.8) is 0 Å². The van der Waals surface area contributed by atoms with E-state index in [4.69, 9.17) is 4.42 Å². The number of carbonyl (C=O) groups excluding carboxylic acids is 3. The van der Waals surface area contributed by atoms with Crippen LogP contribution in [0.25, 0.3) is 11.0 Å². The van der Waals surface area contributed by atoms with E-state index in [1.54, 1.807) is 31.2 Å². The molecule has 5 rings (SSSR count). The van der Waals surface area contributed by atoms with Crippen LogP contribution in [0.1, 0.15) is 68.8 Å². The van der Waals surface area contributed by atoms with E-state index in [0.717, 1.165) is 41.8 Å². The molecule has 3 heterocycles. The SMILES string of the molecule is C[C@@H]1CC[C@H](NC(=O)[C@H](CC2CCCCC2)NC(=O)c2cc3ccccc3o2)C(=O)CN1S(=O)(=O)c1ccccn1. The first-order valence-electron chi connectivity index (χ1n) is 14.3. The highest BCUT2D eigenvalue weighted by Crippen LogP contribution is 2.28. The van der Waals surface area contributed by atoms with Crippen LogP contribution in [-0.4, -0.2) is 60.0 Å². The van der Waals surface area contributed by atoms with Gasteiger partial charge in [0.1, 0.15) is 11.6 Å². The van der Waals surface area contributed by atoms with E-state index in [0.29, 0.717) is 18.4 Å². The Morgan fingerprint density at radius 2 is 1.80 bits per heavy atom. The molecular formula is C30H36N4O6S. The summed E-state index contributed by atoms with van der Waals surface area (Å²) >= 11 is 0. The van der Waals surface area contributed by atoms with E-state index in [9.17, 15) is 22.8 Å². The van der Waals surface area contributed by atoms with Gasteiger partial charge in [0.25, 0.3) is 15.9 Å². The Balaban J connectivity index is 1.30. The second-order valence-corrected chi connectivity index (χ2v) is 12.9. The van der Waals surface area contributed by atoms with E-state index in [1.165, 1.54) is 12.3 Å². The molecule has 1 aliphatic carbocycles. The highest BCUT2D eigenvalue weighted by molar-refractivity contribution is 7.89. The van der Waals surface area contributed by atoms with Crippen molar-refractivity contribution < 1.29 is 27.2 Å². The van der Waals surface area contributed by atoms with Crippen LogP contribution in [0.2, 0.25) is 0 Å². The molecular weight excluding hydrogens is 544 g/mol. The van der Waals surface area contributed by atoms with Crippen molar-refractivity contribution in [2.45, 2.75) is 81.4 Å². The topological polar surface area (TPSA) is 139 Å². The molecule has 0 unspecified atom stereocenters. The molecule has 3 atom stereocenters. The first-order valence-corrected chi connectivity index (χ1v) is 15.7. The third-order valence-electron chi connectivity index (χ3n) is 8.16. The van der Waals surface area contributed by atoms with E-state index in [-0.39, 0.29) is 29.7 Å². The van der Waals surface area contributed by atoms with Crippen molar-refractivity contribution in [2.24, 2.45) is 5.92 Å². The molecule has 0 spiro atoms. The molecule has 2 aromatic heterocycles. The van der Waals surface area contributed by atoms with Crippen molar-refractivity contribution in [1.82, 2.24) is 19.9 Å². The molecule has 2 fully saturated rings. The number of rotatable bonds is 8. The molecule has 11 heteroatoms. The summed E-state index contributed by atoms with van der Waals surface area (Å²) in [7, 11) is -3.99. The average molecular weight is 581 g/mol. The van der Waals surface area contributed by atoms with Gasteiger partial charge in [0.15, 0.2) is 16.6 Å². The van der Waals surface area contributed by atoms with Gasteiger partial charge in [0, 0.05) is 17.6 Å². The number of para-hydroxylation sites is 1. The summed E-state index contributed by atoms with van der Waals surface area (Å²) in [5.41, 5.74) is 0.578. The summed E-state index contributed by atoms with van der Waals surface area (Å²) in [6.45, 7) is 1.38. The smallest absolute Gasteiger partial charge is 0.287 e. The molecule has 3 aromatic rings. The normalized spacial score (nSPS) is 21.7. The van der Waals surface area contributed by atoms with Crippen LogP contribution in [-0.2, 0) is 19.6 Å². The number of hydrogen-bond acceptors (Lipinski definition) is 7. The number of aromatic nitrogens is 1. The molecule has 2 N–H and O–H groups in total. The molecule has 218 valence electrons. The predicted octanol–water partition coefficient (Wildman–Crippen LogP) is 3.82. The number of pyridine rings is 1. The number of nitrogens with zero attached hydrogens (tertiary/aromatic N) is 2. The Hall–Kier alpha value is -3.57. The molecule has 10 nitrogen and oxygen atoms in total. The summed E-state index contributed by atoms with van der Waals surface area (Å²) in [4.78, 5) is 44.1. The maximum atomic E-state index is 13.6. The number of furan rings is 1. The Kier molecular flexibility index (Phi) is 8.84. The molecule has 1 aliphatic heterocycles. The van der Waals surface area contributed by atoms with Gasteiger partial charge in [0.05, 0.1) is 12.6 Å². The largest absolute Gasteiger partial charge is 0.451 e. The lowest BCUT2D eigenvalue weighted by Crippen LogP contribution is -2.53. The Morgan fingerprint density at radius 3 is 2.54 bits per heavy atom. The van der Waals surface area contributed by atoms with Gasteiger partial charge >= 0.3 is 0 Å². The second-order valence-electron chi connectivity index (χ2n) is 11.1. The fraction of sp³-hybridized carbons (Fsp3) is 0.467. The zero-order valence-electron chi connectivity index (χ0n) is 23.1. The zero-order valence-corrected chi connectivity index (χ0v) is 23.9. The minimum atomic E-state index is -3.99. The van der Waals surface area contributed by atoms with Gasteiger partial charge < -0.3 is 15.1 Å². The van der Waals surface area contributed by atoms with Crippen LogP contribution in [0.15, 0.2) is 64.2 Å². The quantitative estimate of drug-likeness (QED) is 0.413. The lowest BCUT2D eigenvalue weighted by molar-refractivity contribution is -0.129. The number of hydrogen-bond donors (Lipinski definition) is 2. The maximum absolute atomic E-state index is 13.6. The van der Waals surface area contributed by atoms with Crippen LogP contribution in [0, 0.1) is 5.92 Å². The molecule has 1 saturated carbocycles. The predicted molar refractivity (Wildman–Crippen MR) is 152 cm³/mol. The van der Waals surface area contributed by atoms with Gasteiger partial charge in [-0.25, -0.2) is 13.4 Å². The Labute approximate surface area is 239 Å². The van der Waals surface area contributed by atoms with Gasteiger partial charge in [0.2, 0.25) is 5.91 Å². The number of Topliss-reactive ketones (excluding diaryl/α,β-unsaturated/α-hetero) is 1. The van der Waals surface area contributed by atoms with E-state index in [2.05, 4.69) is 15.6 Å². The van der Waals surface area contributed by atoms with Crippen LogP contribution < -0.4 is 10.6 Å². The highest BCUT2D eigenvalue weighted by atomic mass is 32.2. The monoisotopic (exact) mass is 580 g/mol. The van der Waals surface area contributed by atoms with Gasteiger partial charge in [-0.3, -0.25) is 14.4 Å². The van der Waals surface area contributed by atoms with E-state index >= 15 is 0 Å². The van der Waals surface area contributed by atoms with E-state index in [1.807, 2.05) is 18.2 Å². The molecule has 2 amide bonds. The fourth-order valence-electron chi connectivity index (χ4n) is 5.81. The Bertz CT molecular complexity index is 1470. The standard InChI is InChI=1S/C30H36N4O6S/c1-20-14-15-23(25(35)19-34(20)41(38,39)28-13-7-8-16-31-28)32-29(36)24(17-21-9-3-2-4-10-21)33-30(37)27-18-22-11-5-6-12-26(22)40-27/h5-8,11-13,16,18,20-21,23-24H,2-4,9-10,14-15,17,19H2,1H3,(H,32,36)(H,33,37)/t20-,23+,24+/m1/s1. The van der Waals surface area contributed by atoms with Crippen LogP contribution >= 0.6 is 0 Å². The van der Waals surface area contributed by atoms with Gasteiger partial charge in [-0.1, -0.05) is 56.4 Å². The first kappa shape index (κ1) is 28.9. The minimum absolute atomic E-state index is 0.113. The average Bonchev–Trinajstić information content (AvgIpc) is 3.37. The highest BCUT2D eigenvalue weighted by Gasteiger charge is 2.38. The number of carbonyl (C=O) groups is 3. The number of ketones is 1. The molecule has 2 aliphatic rings. The van der Waals surface area contributed by atoms with Crippen molar-refractivity contribution in [3.8, 4) is 0 Å². The lowest BCUT2D eigenvalue weighted by Gasteiger charge is -2.27. The van der Waals surface area contributed by atoms with Crippen LogP contribution in [0.3, 0.4) is 0 Å². The Morgan fingerprint density at radius 1 is 1.05 bits per heavy atom. The maximum Gasteiger partial charge on any atom is 0.287 e. The summed E-state index contributed by atoms with van der Waals surface area (Å²) in [6, 6.07) is 11.4. The number of fused-ring (bicyclic) bond motifs is 1. The van der Waals surface area contributed by atoms with Crippen LogP contribution in [0.5, 0.6) is 0 Å². The third kappa shape index (κ3) is 6.68. The van der Waals surface area contributed by atoms with Gasteiger partial charge in [-0.15, -0.1) is 0 Å². The zero-order chi connectivity index (χ0) is 29.0. The number of amides is 2. The second kappa shape index (κ2) is 12.5. The summed E-state index contributed by atoms with van der Waals surface area (Å²) in [5, 5.41) is 6.36. The van der Waals surface area contributed by atoms with Crippen molar-refractivity contribution >= 4 is 38.6 Å². The summed E-state index contributed by atoms with van der Waals surface area (Å²) in [6.07, 6.45) is 7.78. The third-order valence-corrected chi connectivity index (χ3v) is 10.0. The molecule has 41 heavy (non-hydrogen) atoms. The number of sulfonamides is 1. The summed E-state index contributed by atoms with van der Waals surface area (Å²) in [5.74, 6) is -0.957. The summed E-state index contributed by atoms with van der Waals surface area (Å²) < 4.78 is 33.4. The van der Waals surface area contributed by atoms with Crippen LogP contribution in [0.4, 0.5) is 0 Å². The molecule has 0 bridgehead atoms. The minimum Gasteiger partial charge on any atom is -0.451 e. The number of benzene rings is 1. The van der Waals surface area contributed by atoms with Crippen molar-refractivity contribution in [1.29, 1.82) is 0 Å². The number of nitrogens with one attached hydrogen (secondary N) is 2. The first-order chi connectivity index (χ1) is 19.7. The molecule has 1 saturated heterocycles. The van der Waals surface area contributed by atoms with Crippen molar-refractivity contribution in [2.75, 3.05) is 6.54 Å². The lowest BCUT2D eigenvalue weighted by atomic mass is 9.84.